The molecule has 0 N–H and O–H groups in total. The number of hydrogen-bond acceptors (Lipinski definition) is 2. The molecule has 0 radical (unpaired) electrons. The van der Waals surface area contributed by atoms with E-state index in [-0.39, 0.29) is 5.91 Å². The Morgan fingerprint density at radius 1 is 1.24 bits per heavy atom. The Morgan fingerprint density at radius 2 is 1.90 bits per heavy atom. The fourth-order valence-corrected chi connectivity index (χ4v) is 2.93. The van der Waals surface area contributed by atoms with Gasteiger partial charge in [0.15, 0.2) is 0 Å². The summed E-state index contributed by atoms with van der Waals surface area (Å²) < 4.78 is 0. The van der Waals surface area contributed by atoms with Gasteiger partial charge in [0, 0.05) is 19.6 Å². The van der Waals surface area contributed by atoms with E-state index in [1.807, 2.05) is 11.9 Å². The molecule has 0 aliphatic carbocycles. The summed E-state index contributed by atoms with van der Waals surface area (Å²) in [6.45, 7) is 6.71. The molecule has 2 rings (SSSR count). The Balaban J connectivity index is 1.86. The van der Waals surface area contributed by atoms with Crippen molar-refractivity contribution in [2.24, 2.45) is 0 Å². The Kier molecular flexibility index (Phi) is 5.80. The highest BCUT2D eigenvalue weighted by molar-refractivity contribution is 5.78. The second kappa shape index (κ2) is 7.60. The van der Waals surface area contributed by atoms with Crippen LogP contribution in [0.5, 0.6) is 0 Å². The summed E-state index contributed by atoms with van der Waals surface area (Å²) in [7, 11) is 1.91. The first kappa shape index (κ1) is 16.0. The Hall–Kier alpha value is -1.35. The van der Waals surface area contributed by atoms with E-state index >= 15 is 0 Å². The molecule has 3 heteroatoms. The molecule has 3 nitrogen and oxygen atoms in total. The molecular formula is C18H28N2O. The Labute approximate surface area is 128 Å². The average Bonchev–Trinajstić information content (AvgIpc) is 2.50. The van der Waals surface area contributed by atoms with Crippen molar-refractivity contribution in [3.8, 4) is 0 Å². The molecular weight excluding hydrogens is 260 g/mol. The predicted molar refractivity (Wildman–Crippen MR) is 87.2 cm³/mol. The standard InChI is InChI=1S/C18H28N2O/c1-4-16-8-10-17(11-9-16)13-19(3)18(21)14-20-12-6-5-7-15(20)2/h8-11,15H,4-7,12-14H2,1-3H3. The molecule has 0 aromatic heterocycles. The summed E-state index contributed by atoms with van der Waals surface area (Å²) in [6.07, 6.45) is 4.79. The monoisotopic (exact) mass is 288 g/mol. The van der Waals surface area contributed by atoms with Crippen LogP contribution in [0.4, 0.5) is 0 Å². The van der Waals surface area contributed by atoms with Crippen molar-refractivity contribution >= 4 is 5.91 Å². The van der Waals surface area contributed by atoms with Crippen molar-refractivity contribution in [1.82, 2.24) is 9.80 Å². The molecule has 1 atom stereocenters. The van der Waals surface area contributed by atoms with Crippen LogP contribution in [0.15, 0.2) is 24.3 Å². The van der Waals surface area contributed by atoms with Gasteiger partial charge in [-0.15, -0.1) is 0 Å². The number of likely N-dealkylation sites (tertiary alicyclic amines) is 1. The first-order chi connectivity index (χ1) is 10.1. The Morgan fingerprint density at radius 3 is 2.52 bits per heavy atom. The van der Waals surface area contributed by atoms with Crippen LogP contribution < -0.4 is 0 Å². The van der Waals surface area contributed by atoms with Crippen LogP contribution in [0, 0.1) is 0 Å². The van der Waals surface area contributed by atoms with Gasteiger partial charge in [-0.05, 0) is 43.9 Å². The summed E-state index contributed by atoms with van der Waals surface area (Å²) in [5, 5.41) is 0. The SMILES string of the molecule is CCc1ccc(CN(C)C(=O)CN2CCCCC2C)cc1. The molecule has 0 spiro atoms. The third kappa shape index (κ3) is 4.57. The first-order valence-corrected chi connectivity index (χ1v) is 8.16. The molecule has 1 aliphatic rings. The van der Waals surface area contributed by atoms with Crippen molar-refractivity contribution < 1.29 is 4.79 Å². The number of carbonyl (C=O) groups excluding carboxylic acids is 1. The van der Waals surface area contributed by atoms with Gasteiger partial charge in [-0.3, -0.25) is 9.69 Å². The molecule has 1 amide bonds. The van der Waals surface area contributed by atoms with Gasteiger partial charge in [-0.1, -0.05) is 37.6 Å². The summed E-state index contributed by atoms with van der Waals surface area (Å²) >= 11 is 0. The van der Waals surface area contributed by atoms with Gasteiger partial charge in [-0.2, -0.15) is 0 Å². The van der Waals surface area contributed by atoms with Crippen molar-refractivity contribution in [1.29, 1.82) is 0 Å². The molecule has 1 heterocycles. The molecule has 1 fully saturated rings. The zero-order valence-electron chi connectivity index (χ0n) is 13.6. The molecule has 0 saturated carbocycles. The van der Waals surface area contributed by atoms with E-state index < -0.39 is 0 Å². The van der Waals surface area contributed by atoms with Crippen molar-refractivity contribution in [3.63, 3.8) is 0 Å². The summed E-state index contributed by atoms with van der Waals surface area (Å²) in [6, 6.07) is 9.11. The minimum atomic E-state index is 0.225. The fraction of sp³-hybridized carbons (Fsp3) is 0.611. The highest BCUT2D eigenvalue weighted by Crippen LogP contribution is 2.16. The minimum Gasteiger partial charge on any atom is -0.340 e. The Bertz CT molecular complexity index is 455. The number of carbonyl (C=O) groups is 1. The lowest BCUT2D eigenvalue weighted by Gasteiger charge is -2.33. The van der Waals surface area contributed by atoms with Gasteiger partial charge >= 0.3 is 0 Å². The second-order valence-corrected chi connectivity index (χ2v) is 6.24. The van der Waals surface area contributed by atoms with E-state index in [0.717, 1.165) is 13.0 Å². The van der Waals surface area contributed by atoms with Gasteiger partial charge < -0.3 is 4.90 Å². The van der Waals surface area contributed by atoms with Gasteiger partial charge in [0.05, 0.1) is 6.54 Å². The van der Waals surface area contributed by atoms with Crippen molar-refractivity contribution in [2.45, 2.75) is 52.1 Å². The number of amides is 1. The number of aryl methyl sites for hydroxylation is 1. The topological polar surface area (TPSA) is 23.6 Å². The van der Waals surface area contributed by atoms with E-state index in [1.54, 1.807) is 0 Å². The maximum absolute atomic E-state index is 12.4. The highest BCUT2D eigenvalue weighted by Gasteiger charge is 2.22. The van der Waals surface area contributed by atoms with Crippen molar-refractivity contribution in [3.05, 3.63) is 35.4 Å². The zero-order valence-corrected chi connectivity index (χ0v) is 13.6. The quantitative estimate of drug-likeness (QED) is 0.831. The number of likely N-dealkylation sites (N-methyl/N-ethyl adjacent to an activating group) is 1. The summed E-state index contributed by atoms with van der Waals surface area (Å²) in [5.41, 5.74) is 2.55. The van der Waals surface area contributed by atoms with Crippen LogP contribution in [-0.2, 0) is 17.8 Å². The maximum atomic E-state index is 12.4. The van der Waals surface area contributed by atoms with Crippen molar-refractivity contribution in [2.75, 3.05) is 20.1 Å². The van der Waals surface area contributed by atoms with E-state index in [9.17, 15) is 4.79 Å². The smallest absolute Gasteiger partial charge is 0.236 e. The van der Waals surface area contributed by atoms with Gasteiger partial charge in [-0.25, -0.2) is 0 Å². The molecule has 1 aromatic rings. The predicted octanol–water partition coefficient (Wildman–Crippen LogP) is 3.08. The first-order valence-electron chi connectivity index (χ1n) is 8.16. The van der Waals surface area contributed by atoms with Gasteiger partial charge in [0.1, 0.15) is 0 Å². The van der Waals surface area contributed by atoms with E-state index in [1.165, 1.54) is 30.4 Å². The lowest BCUT2D eigenvalue weighted by Crippen LogP contribution is -2.44. The number of nitrogens with zero attached hydrogens (tertiary/aromatic N) is 2. The number of rotatable bonds is 5. The third-order valence-corrected chi connectivity index (χ3v) is 4.56. The highest BCUT2D eigenvalue weighted by atomic mass is 16.2. The fourth-order valence-electron chi connectivity index (χ4n) is 2.93. The third-order valence-electron chi connectivity index (χ3n) is 4.56. The van der Waals surface area contributed by atoms with Crippen LogP contribution in [0.25, 0.3) is 0 Å². The van der Waals surface area contributed by atoms with E-state index in [4.69, 9.17) is 0 Å². The van der Waals surface area contributed by atoms with Gasteiger partial charge in [0.25, 0.3) is 0 Å². The number of benzene rings is 1. The van der Waals surface area contributed by atoms with Crippen LogP contribution >= 0.6 is 0 Å². The van der Waals surface area contributed by atoms with Crippen LogP contribution in [-0.4, -0.2) is 41.9 Å². The number of hydrogen-bond donors (Lipinski definition) is 0. The molecule has 1 aliphatic heterocycles. The molecule has 1 saturated heterocycles. The lowest BCUT2D eigenvalue weighted by atomic mass is 10.0. The minimum absolute atomic E-state index is 0.225. The number of piperidine rings is 1. The van der Waals surface area contributed by atoms with Crippen LogP contribution in [0.3, 0.4) is 0 Å². The average molecular weight is 288 g/mol. The maximum Gasteiger partial charge on any atom is 0.236 e. The summed E-state index contributed by atoms with van der Waals surface area (Å²) in [5.74, 6) is 0.225. The molecule has 0 bridgehead atoms. The molecule has 1 unspecified atom stereocenters. The summed E-state index contributed by atoms with van der Waals surface area (Å²) in [4.78, 5) is 16.5. The lowest BCUT2D eigenvalue weighted by molar-refractivity contribution is -0.132. The van der Waals surface area contributed by atoms with Crippen LogP contribution in [0.2, 0.25) is 0 Å². The molecule has 1 aromatic carbocycles. The molecule has 21 heavy (non-hydrogen) atoms. The van der Waals surface area contributed by atoms with Crippen LogP contribution in [0.1, 0.15) is 44.2 Å². The largest absolute Gasteiger partial charge is 0.340 e. The second-order valence-electron chi connectivity index (χ2n) is 6.24. The zero-order chi connectivity index (χ0) is 15.2. The van der Waals surface area contributed by atoms with Gasteiger partial charge in [0.2, 0.25) is 5.91 Å². The molecule has 116 valence electrons. The normalized spacial score (nSPS) is 19.5. The van der Waals surface area contributed by atoms with E-state index in [2.05, 4.69) is 43.0 Å². The van der Waals surface area contributed by atoms with E-state index in [0.29, 0.717) is 19.1 Å².